The largest absolute Gasteiger partial charge is 0.308 e. The van der Waals surface area contributed by atoms with E-state index in [1.54, 1.807) is 0 Å². The molecule has 0 fully saturated rings. The van der Waals surface area contributed by atoms with Crippen LogP contribution in [0.5, 0.6) is 0 Å². The Morgan fingerprint density at radius 2 is 0.670 bits per heavy atom. The third-order valence-corrected chi connectivity index (χ3v) is 21.3. The Bertz CT molecular complexity index is 6080. The van der Waals surface area contributed by atoms with Gasteiger partial charge in [0.2, 0.25) is 0 Å². The Balaban J connectivity index is 0.792. The van der Waals surface area contributed by atoms with Gasteiger partial charge < -0.3 is 14.0 Å². The number of nitrogens with zero attached hydrogens (tertiary/aromatic N) is 3. The number of hydrogen-bond donors (Lipinski definition) is 0. The molecule has 0 saturated carbocycles. The number of hydrogen-bond acceptors (Lipinski definition) is 1. The van der Waals surface area contributed by atoms with Crippen LogP contribution in [0.25, 0.3) is 144 Å². The number of para-hydroxylation sites is 5. The van der Waals surface area contributed by atoms with E-state index in [1.165, 1.54) is 105 Å². The maximum absolute atomic E-state index is 2.60. The molecule has 0 saturated heterocycles. The molecular formula is C97H63N3. The highest BCUT2D eigenvalue weighted by molar-refractivity contribution is 6.20. The molecule has 3 nitrogen and oxygen atoms in total. The average molecular weight is 1270 g/mol. The van der Waals surface area contributed by atoms with Crippen molar-refractivity contribution in [3.05, 3.63) is 404 Å². The molecule has 0 unspecified atom stereocenters. The lowest BCUT2D eigenvalue weighted by atomic mass is 9.66. The molecule has 18 aromatic rings. The van der Waals surface area contributed by atoms with Gasteiger partial charge in [0.25, 0.3) is 0 Å². The smallest absolute Gasteiger partial charge is 0.0715 e. The zero-order chi connectivity index (χ0) is 65.8. The summed E-state index contributed by atoms with van der Waals surface area (Å²) in [4.78, 5) is 2.49. The van der Waals surface area contributed by atoms with Crippen molar-refractivity contribution < 1.29 is 0 Å². The number of benzene rings is 16. The van der Waals surface area contributed by atoms with Gasteiger partial charge >= 0.3 is 0 Å². The van der Waals surface area contributed by atoms with E-state index < -0.39 is 5.41 Å². The van der Waals surface area contributed by atoms with Gasteiger partial charge in [-0.2, -0.15) is 0 Å². The minimum Gasteiger partial charge on any atom is -0.308 e. The first kappa shape index (κ1) is 57.2. The molecule has 3 heterocycles. The van der Waals surface area contributed by atoms with Gasteiger partial charge in [-0.25, -0.2) is 0 Å². The standard InChI is InChI=1S/C97H63N3/c1-5-27-64(28-6-1)68-35-23-38-74(58-68)97(75-39-24-36-69(59-75)65-29-7-2-8-30-65)86-47-26-46-83-82-45-17-20-50-90(82)100-91-56-53-71(63-85(91)84-54-55-87(97)95(94(83)86)96(84)100)79-42-14-13-41-78(79)70-37-25-40-76(60-70)98(77-61-72(66-31-9-3-10-32-66)57-73(62-77)67-33-11-4-12-34-67)92-51-21-22-52-93(92)99-88-48-18-15-43-80(88)81-44-16-19-49-89(81)99/h1-63H. The summed E-state index contributed by atoms with van der Waals surface area (Å²) in [5.74, 6) is 0. The topological polar surface area (TPSA) is 13.1 Å². The summed E-state index contributed by atoms with van der Waals surface area (Å²) in [6, 6.07) is 142. The number of anilines is 3. The second-order valence-corrected chi connectivity index (χ2v) is 26.6. The van der Waals surface area contributed by atoms with Crippen LogP contribution in [0.2, 0.25) is 0 Å². The molecule has 0 amide bonds. The summed E-state index contributed by atoms with van der Waals surface area (Å²) >= 11 is 0. The first-order valence-corrected chi connectivity index (χ1v) is 34.6. The summed E-state index contributed by atoms with van der Waals surface area (Å²) < 4.78 is 5.05. The van der Waals surface area contributed by atoms with Crippen molar-refractivity contribution in [1.82, 2.24) is 9.13 Å². The van der Waals surface area contributed by atoms with E-state index in [4.69, 9.17) is 0 Å². The molecule has 1 aliphatic carbocycles. The molecule has 100 heavy (non-hydrogen) atoms. The normalized spacial score (nSPS) is 12.5. The lowest BCUT2D eigenvalue weighted by Gasteiger charge is -2.35. The Kier molecular flexibility index (Phi) is 13.2. The van der Waals surface area contributed by atoms with E-state index in [1.807, 2.05) is 0 Å². The molecule has 1 aliphatic heterocycles. The van der Waals surface area contributed by atoms with Crippen LogP contribution < -0.4 is 4.90 Å². The second-order valence-electron chi connectivity index (χ2n) is 26.6. The first-order chi connectivity index (χ1) is 49.6. The van der Waals surface area contributed by atoms with E-state index in [9.17, 15) is 0 Å². The molecule has 466 valence electrons. The van der Waals surface area contributed by atoms with E-state index >= 15 is 0 Å². The molecule has 3 heteroatoms. The van der Waals surface area contributed by atoms with Crippen LogP contribution in [0.3, 0.4) is 0 Å². The molecule has 0 N–H and O–H groups in total. The zero-order valence-electron chi connectivity index (χ0n) is 54.7. The summed E-state index contributed by atoms with van der Waals surface area (Å²) in [5, 5.41) is 4.88. The van der Waals surface area contributed by atoms with Crippen molar-refractivity contribution in [2.75, 3.05) is 4.90 Å². The molecule has 20 rings (SSSR count). The minimum atomic E-state index is -0.686. The van der Waals surface area contributed by atoms with Crippen molar-refractivity contribution in [3.8, 4) is 100 Å². The first-order valence-electron chi connectivity index (χ1n) is 34.6. The lowest BCUT2D eigenvalue weighted by Crippen LogP contribution is -2.28. The molecule has 2 aliphatic rings. The minimum absolute atomic E-state index is 0.686. The lowest BCUT2D eigenvalue weighted by molar-refractivity contribution is 0.769. The molecule has 0 radical (unpaired) electrons. The van der Waals surface area contributed by atoms with Crippen LogP contribution in [0, 0.1) is 0 Å². The van der Waals surface area contributed by atoms with Crippen molar-refractivity contribution in [2.45, 2.75) is 5.41 Å². The van der Waals surface area contributed by atoms with Gasteiger partial charge in [0.05, 0.1) is 44.5 Å². The maximum Gasteiger partial charge on any atom is 0.0715 e. The fraction of sp³-hybridized carbons (Fsp3) is 0.0103. The van der Waals surface area contributed by atoms with Gasteiger partial charge in [-0.15, -0.1) is 0 Å². The van der Waals surface area contributed by atoms with Crippen LogP contribution >= 0.6 is 0 Å². The second kappa shape index (κ2) is 23.1. The highest BCUT2D eigenvalue weighted by Gasteiger charge is 2.49. The number of aromatic nitrogens is 2. The van der Waals surface area contributed by atoms with Crippen molar-refractivity contribution in [2.24, 2.45) is 0 Å². The van der Waals surface area contributed by atoms with Crippen molar-refractivity contribution in [1.29, 1.82) is 0 Å². The summed E-state index contributed by atoms with van der Waals surface area (Å²) in [6.07, 6.45) is 0. The quantitative estimate of drug-likeness (QED) is 0.119. The summed E-state index contributed by atoms with van der Waals surface area (Å²) in [6.45, 7) is 0. The van der Waals surface area contributed by atoms with Gasteiger partial charge in [-0.1, -0.05) is 297 Å². The molecule has 0 bridgehead atoms. The summed E-state index contributed by atoms with van der Waals surface area (Å²) in [5.41, 5.74) is 33.5. The third-order valence-electron chi connectivity index (χ3n) is 21.3. The van der Waals surface area contributed by atoms with E-state index in [-0.39, 0.29) is 0 Å². The van der Waals surface area contributed by atoms with Gasteiger partial charge in [0.1, 0.15) is 0 Å². The number of rotatable bonds is 12. The Hall–Kier alpha value is -13.1. The summed E-state index contributed by atoms with van der Waals surface area (Å²) in [7, 11) is 0. The van der Waals surface area contributed by atoms with Crippen LogP contribution in [0.15, 0.2) is 382 Å². The van der Waals surface area contributed by atoms with Crippen LogP contribution in [-0.4, -0.2) is 9.13 Å². The van der Waals surface area contributed by atoms with Crippen LogP contribution in [0.4, 0.5) is 17.1 Å². The Morgan fingerprint density at radius 1 is 0.220 bits per heavy atom. The fourth-order valence-electron chi connectivity index (χ4n) is 17.0. The highest BCUT2D eigenvalue weighted by atomic mass is 15.2. The third kappa shape index (κ3) is 8.85. The molecule has 2 aromatic heterocycles. The van der Waals surface area contributed by atoms with Crippen molar-refractivity contribution in [3.63, 3.8) is 0 Å². The predicted octanol–water partition coefficient (Wildman–Crippen LogP) is 25.7. The number of fused-ring (bicyclic) bond motifs is 9. The van der Waals surface area contributed by atoms with E-state index in [2.05, 4.69) is 396 Å². The van der Waals surface area contributed by atoms with Gasteiger partial charge in [0.15, 0.2) is 0 Å². The van der Waals surface area contributed by atoms with E-state index in [0.717, 1.165) is 78.3 Å². The molecule has 0 atom stereocenters. The molecule has 16 aromatic carbocycles. The van der Waals surface area contributed by atoms with Crippen molar-refractivity contribution >= 4 is 60.7 Å². The predicted molar refractivity (Wildman–Crippen MR) is 419 cm³/mol. The van der Waals surface area contributed by atoms with Gasteiger partial charge in [-0.3, -0.25) is 0 Å². The SMILES string of the molecule is c1ccc(-c2cc(-c3ccccc3)cc(N(c3cccc(-c4ccccc4-c4ccc5c(c4)c4ccc6c7c4n5-c4ccccc4-c4cccc(c4-7)C6(c4cccc(-c5ccccc5)c4)c4cccc(-c5ccccc5)c4)c3)c3ccccc3-n3c4ccccc4c4ccccc43)c2)cc1. The Labute approximate surface area is 581 Å². The molecular weight excluding hydrogens is 1210 g/mol. The zero-order valence-corrected chi connectivity index (χ0v) is 54.7. The average Bonchev–Trinajstić information content (AvgIpc) is 1.50. The van der Waals surface area contributed by atoms with Gasteiger partial charge in [-0.05, 0) is 185 Å². The van der Waals surface area contributed by atoms with E-state index in [0.29, 0.717) is 0 Å². The highest BCUT2D eigenvalue weighted by Crippen LogP contribution is 2.63. The van der Waals surface area contributed by atoms with Crippen LogP contribution in [0.1, 0.15) is 22.3 Å². The fourth-order valence-corrected chi connectivity index (χ4v) is 17.0. The monoisotopic (exact) mass is 1270 g/mol. The molecule has 0 spiro atoms. The Morgan fingerprint density at radius 3 is 1.29 bits per heavy atom. The maximum atomic E-state index is 2.60. The van der Waals surface area contributed by atoms with Gasteiger partial charge in [0, 0.05) is 44.0 Å². The van der Waals surface area contributed by atoms with Crippen LogP contribution in [-0.2, 0) is 5.41 Å².